The lowest BCUT2D eigenvalue weighted by Crippen LogP contribution is -2.07. The SMILES string of the molecule is CCOC(=O)c1n[nH]nc1-c1cc(OC)c(OCC)c(Br)c1Br. The van der Waals surface area contributed by atoms with Gasteiger partial charge in [0.1, 0.15) is 5.69 Å². The number of aromatic nitrogens is 3. The molecule has 2 aromatic rings. The molecule has 0 bridgehead atoms. The molecule has 7 nitrogen and oxygen atoms in total. The summed E-state index contributed by atoms with van der Waals surface area (Å²) in [6.45, 7) is 4.34. The highest BCUT2D eigenvalue weighted by Crippen LogP contribution is 2.46. The minimum atomic E-state index is -0.549. The lowest BCUT2D eigenvalue weighted by Gasteiger charge is -2.15. The van der Waals surface area contributed by atoms with Crippen LogP contribution in [0.3, 0.4) is 0 Å². The van der Waals surface area contributed by atoms with Gasteiger partial charge in [0.15, 0.2) is 17.2 Å². The van der Waals surface area contributed by atoms with E-state index >= 15 is 0 Å². The van der Waals surface area contributed by atoms with Crippen LogP contribution in [0.5, 0.6) is 11.5 Å². The van der Waals surface area contributed by atoms with E-state index in [1.807, 2.05) is 6.92 Å². The molecule has 0 fully saturated rings. The summed E-state index contributed by atoms with van der Waals surface area (Å²) in [7, 11) is 1.54. The number of carbonyl (C=O) groups excluding carboxylic acids is 1. The van der Waals surface area contributed by atoms with Crippen molar-refractivity contribution in [3.8, 4) is 22.8 Å². The minimum absolute atomic E-state index is 0.102. The van der Waals surface area contributed by atoms with Crippen LogP contribution in [0.4, 0.5) is 0 Å². The third-order valence-corrected chi connectivity index (χ3v) is 5.02. The van der Waals surface area contributed by atoms with E-state index in [0.717, 1.165) is 0 Å². The van der Waals surface area contributed by atoms with Gasteiger partial charge in [0.25, 0.3) is 0 Å². The molecule has 0 atom stereocenters. The van der Waals surface area contributed by atoms with Gasteiger partial charge in [-0.2, -0.15) is 10.3 Å². The number of rotatable bonds is 6. The van der Waals surface area contributed by atoms with Gasteiger partial charge in [-0.3, -0.25) is 0 Å². The number of aromatic amines is 1. The van der Waals surface area contributed by atoms with Crippen molar-refractivity contribution in [1.29, 1.82) is 0 Å². The number of ether oxygens (including phenoxy) is 3. The van der Waals surface area contributed by atoms with Crippen LogP contribution < -0.4 is 9.47 Å². The number of benzene rings is 1. The van der Waals surface area contributed by atoms with E-state index in [1.54, 1.807) is 13.0 Å². The van der Waals surface area contributed by atoms with E-state index in [-0.39, 0.29) is 12.3 Å². The zero-order valence-corrected chi connectivity index (χ0v) is 15.9. The van der Waals surface area contributed by atoms with Crippen LogP contribution in [0.25, 0.3) is 11.3 Å². The molecule has 1 N–H and O–H groups in total. The molecular weight excluding hydrogens is 434 g/mol. The van der Waals surface area contributed by atoms with Crippen molar-refractivity contribution in [2.75, 3.05) is 20.3 Å². The van der Waals surface area contributed by atoms with Gasteiger partial charge in [-0.25, -0.2) is 4.79 Å². The maximum Gasteiger partial charge on any atom is 0.361 e. The number of hydrogen-bond donors (Lipinski definition) is 1. The van der Waals surface area contributed by atoms with Crippen LogP contribution in [0, 0.1) is 0 Å². The third kappa shape index (κ3) is 3.50. The molecule has 0 amide bonds. The van der Waals surface area contributed by atoms with Crippen molar-refractivity contribution >= 4 is 37.8 Å². The van der Waals surface area contributed by atoms with E-state index < -0.39 is 5.97 Å². The van der Waals surface area contributed by atoms with Crippen LogP contribution in [-0.4, -0.2) is 41.7 Å². The topological polar surface area (TPSA) is 86.3 Å². The molecule has 1 aromatic heterocycles. The smallest absolute Gasteiger partial charge is 0.361 e. The molecule has 0 aliphatic heterocycles. The first kappa shape index (κ1) is 17.7. The van der Waals surface area contributed by atoms with Crippen molar-refractivity contribution in [3.63, 3.8) is 0 Å². The van der Waals surface area contributed by atoms with Gasteiger partial charge in [0.2, 0.25) is 0 Å². The summed E-state index contributed by atoms with van der Waals surface area (Å²) in [6.07, 6.45) is 0. The minimum Gasteiger partial charge on any atom is -0.493 e. The van der Waals surface area contributed by atoms with E-state index in [2.05, 4.69) is 47.3 Å². The molecule has 23 heavy (non-hydrogen) atoms. The first-order valence-electron chi connectivity index (χ1n) is 6.82. The molecule has 1 heterocycles. The molecule has 9 heteroatoms. The predicted octanol–water partition coefficient (Wildman–Crippen LogP) is 3.58. The van der Waals surface area contributed by atoms with Gasteiger partial charge in [0, 0.05) is 10.0 Å². The van der Waals surface area contributed by atoms with Crippen LogP contribution in [0.2, 0.25) is 0 Å². The summed E-state index contributed by atoms with van der Waals surface area (Å²) in [5.41, 5.74) is 1.08. The zero-order chi connectivity index (χ0) is 17.0. The van der Waals surface area contributed by atoms with Gasteiger partial charge in [-0.15, -0.1) is 5.10 Å². The number of H-pyrrole nitrogens is 1. The van der Waals surface area contributed by atoms with Crippen molar-refractivity contribution in [2.24, 2.45) is 0 Å². The lowest BCUT2D eigenvalue weighted by atomic mass is 10.1. The van der Waals surface area contributed by atoms with Gasteiger partial charge in [-0.1, -0.05) is 0 Å². The highest BCUT2D eigenvalue weighted by molar-refractivity contribution is 9.13. The molecule has 0 radical (unpaired) electrons. The molecule has 1 aromatic carbocycles. The summed E-state index contributed by atoms with van der Waals surface area (Å²) in [6, 6.07) is 1.72. The fourth-order valence-corrected chi connectivity index (χ4v) is 2.96. The molecule has 0 aliphatic carbocycles. The molecule has 0 unspecified atom stereocenters. The molecule has 0 saturated heterocycles. The zero-order valence-electron chi connectivity index (χ0n) is 12.8. The molecule has 124 valence electrons. The second kappa shape index (κ2) is 7.78. The largest absolute Gasteiger partial charge is 0.493 e. The van der Waals surface area contributed by atoms with E-state index in [9.17, 15) is 4.79 Å². The number of nitrogens with zero attached hydrogens (tertiary/aromatic N) is 2. The maximum atomic E-state index is 12.0. The lowest BCUT2D eigenvalue weighted by molar-refractivity contribution is 0.0520. The summed E-state index contributed by atoms with van der Waals surface area (Å²) in [5, 5.41) is 10.4. The van der Waals surface area contributed by atoms with Crippen molar-refractivity contribution in [2.45, 2.75) is 13.8 Å². The highest BCUT2D eigenvalue weighted by Gasteiger charge is 2.25. The predicted molar refractivity (Wildman–Crippen MR) is 90.9 cm³/mol. The van der Waals surface area contributed by atoms with Gasteiger partial charge >= 0.3 is 5.97 Å². The average Bonchev–Trinajstić information content (AvgIpc) is 3.02. The summed E-state index contributed by atoms with van der Waals surface area (Å²) in [5.74, 6) is 0.522. The van der Waals surface area contributed by atoms with Gasteiger partial charge < -0.3 is 14.2 Å². The van der Waals surface area contributed by atoms with Crippen LogP contribution in [0.15, 0.2) is 15.0 Å². The standard InChI is InChI=1S/C14H15Br2N3O4/c1-4-22-13-8(21-3)6-7(9(15)10(13)16)11-12(18-19-17-11)14(20)23-5-2/h6H,4-5H2,1-3H3,(H,17,18,19). The normalized spacial score (nSPS) is 10.5. The first-order chi connectivity index (χ1) is 11.0. The number of halogens is 2. The Bertz CT molecular complexity index is 718. The fraction of sp³-hybridized carbons (Fsp3) is 0.357. The first-order valence-corrected chi connectivity index (χ1v) is 8.40. The fourth-order valence-electron chi connectivity index (χ4n) is 1.95. The number of carbonyl (C=O) groups is 1. The number of methoxy groups -OCH3 is 1. The van der Waals surface area contributed by atoms with Crippen molar-refractivity contribution in [3.05, 3.63) is 20.7 Å². The molecule has 0 aliphatic rings. The van der Waals surface area contributed by atoms with E-state index in [0.29, 0.717) is 38.3 Å². The summed E-state index contributed by atoms with van der Waals surface area (Å²) < 4.78 is 17.3. The maximum absolute atomic E-state index is 12.0. The highest BCUT2D eigenvalue weighted by atomic mass is 79.9. The third-order valence-electron chi connectivity index (χ3n) is 2.91. The quantitative estimate of drug-likeness (QED) is 0.679. The molecule has 0 spiro atoms. The molecule has 2 rings (SSSR count). The van der Waals surface area contributed by atoms with Gasteiger partial charge in [0.05, 0.1) is 24.8 Å². The number of esters is 1. The van der Waals surface area contributed by atoms with E-state index in [1.165, 1.54) is 7.11 Å². The molecule has 0 saturated carbocycles. The Morgan fingerprint density at radius 3 is 2.57 bits per heavy atom. The summed E-state index contributed by atoms with van der Waals surface area (Å²) in [4.78, 5) is 12.0. The Labute approximate surface area is 150 Å². The van der Waals surface area contributed by atoms with Crippen molar-refractivity contribution in [1.82, 2.24) is 15.4 Å². The molecular formula is C14H15Br2N3O4. The monoisotopic (exact) mass is 447 g/mol. The van der Waals surface area contributed by atoms with Crippen LogP contribution in [-0.2, 0) is 4.74 Å². The second-order valence-electron chi connectivity index (χ2n) is 4.26. The Balaban J connectivity index is 2.59. The average molecular weight is 449 g/mol. The Morgan fingerprint density at radius 2 is 1.96 bits per heavy atom. The Kier molecular flexibility index (Phi) is 6.00. The van der Waals surface area contributed by atoms with Crippen LogP contribution >= 0.6 is 31.9 Å². The number of hydrogen-bond acceptors (Lipinski definition) is 6. The van der Waals surface area contributed by atoms with Gasteiger partial charge in [-0.05, 0) is 51.8 Å². The van der Waals surface area contributed by atoms with Crippen molar-refractivity contribution < 1.29 is 19.0 Å². The number of nitrogens with one attached hydrogen (secondary N) is 1. The Morgan fingerprint density at radius 1 is 1.22 bits per heavy atom. The van der Waals surface area contributed by atoms with Crippen LogP contribution in [0.1, 0.15) is 24.3 Å². The summed E-state index contributed by atoms with van der Waals surface area (Å²) >= 11 is 6.97. The second-order valence-corrected chi connectivity index (χ2v) is 5.84. The van der Waals surface area contributed by atoms with E-state index in [4.69, 9.17) is 14.2 Å². The Hall–Kier alpha value is -1.61.